The normalized spacial score (nSPS) is 16.5. The average Bonchev–Trinajstić information content (AvgIpc) is 3.36. The summed E-state index contributed by atoms with van der Waals surface area (Å²) < 4.78 is 0. The third kappa shape index (κ3) is 5.77. The van der Waals surface area contributed by atoms with E-state index in [1.165, 1.54) is 5.56 Å². The first-order valence-corrected chi connectivity index (χ1v) is 13.0. The van der Waals surface area contributed by atoms with Crippen molar-refractivity contribution in [2.75, 3.05) is 29.9 Å². The highest BCUT2D eigenvalue weighted by molar-refractivity contribution is 5.87. The zero-order valence-corrected chi connectivity index (χ0v) is 21.8. The van der Waals surface area contributed by atoms with Crippen molar-refractivity contribution in [2.45, 2.75) is 65.7 Å². The third-order valence-corrected chi connectivity index (χ3v) is 7.16. The first-order chi connectivity index (χ1) is 17.0. The van der Waals surface area contributed by atoms with Crippen LogP contribution < -0.4 is 10.2 Å². The SMILES string of the molecule is C=CNc1c(C#N)c(N2CC[C@H](CO)C2)cc(-c2ccc(CCCC)c(N=CC)c2)c1C(C)CC. The Hall–Kier alpha value is -3.10. The van der Waals surface area contributed by atoms with Crippen LogP contribution in [0.1, 0.15) is 76.0 Å². The largest absolute Gasteiger partial charge is 0.396 e. The molecule has 5 nitrogen and oxygen atoms in total. The molecule has 1 unspecified atom stereocenters. The maximum atomic E-state index is 10.3. The zero-order chi connectivity index (χ0) is 25.4. The molecule has 0 amide bonds. The van der Waals surface area contributed by atoms with Crippen molar-refractivity contribution in [1.29, 1.82) is 5.26 Å². The molecule has 35 heavy (non-hydrogen) atoms. The van der Waals surface area contributed by atoms with Gasteiger partial charge in [-0.25, -0.2) is 0 Å². The van der Waals surface area contributed by atoms with E-state index in [1.54, 1.807) is 6.20 Å². The minimum Gasteiger partial charge on any atom is -0.396 e. The average molecular weight is 473 g/mol. The number of aliphatic imine (C=N–C) groups is 1. The Morgan fingerprint density at radius 3 is 2.74 bits per heavy atom. The fraction of sp³-hybridized carbons (Fsp3) is 0.467. The summed E-state index contributed by atoms with van der Waals surface area (Å²) in [6.45, 7) is 14.2. The summed E-state index contributed by atoms with van der Waals surface area (Å²) in [5, 5.41) is 23.3. The first-order valence-electron chi connectivity index (χ1n) is 13.0. The predicted octanol–water partition coefficient (Wildman–Crippen LogP) is 7.18. The lowest BCUT2D eigenvalue weighted by Crippen LogP contribution is -2.22. The van der Waals surface area contributed by atoms with Crippen LogP contribution in [0.25, 0.3) is 11.1 Å². The molecule has 186 valence electrons. The second-order valence-corrected chi connectivity index (χ2v) is 9.49. The fourth-order valence-electron chi connectivity index (χ4n) is 5.02. The van der Waals surface area contributed by atoms with Crippen LogP contribution in [0.4, 0.5) is 17.1 Å². The van der Waals surface area contributed by atoms with Crippen LogP contribution in [0.3, 0.4) is 0 Å². The number of nitrogens with zero attached hydrogens (tertiary/aromatic N) is 3. The van der Waals surface area contributed by atoms with Gasteiger partial charge in [-0.3, -0.25) is 4.99 Å². The van der Waals surface area contributed by atoms with Gasteiger partial charge in [-0.2, -0.15) is 5.26 Å². The highest BCUT2D eigenvalue weighted by Gasteiger charge is 2.28. The number of hydrogen-bond acceptors (Lipinski definition) is 5. The summed E-state index contributed by atoms with van der Waals surface area (Å²) in [6.07, 6.45) is 8.70. The van der Waals surface area contributed by atoms with Gasteiger partial charge < -0.3 is 15.3 Å². The van der Waals surface area contributed by atoms with Crippen LogP contribution in [0, 0.1) is 17.2 Å². The molecule has 1 aliphatic heterocycles. The van der Waals surface area contributed by atoms with Crippen LogP contribution in [0.5, 0.6) is 0 Å². The van der Waals surface area contributed by atoms with Crippen molar-refractivity contribution in [3.8, 4) is 17.2 Å². The van der Waals surface area contributed by atoms with Crippen molar-refractivity contribution < 1.29 is 5.11 Å². The number of nitriles is 1. The maximum Gasteiger partial charge on any atom is 0.104 e. The highest BCUT2D eigenvalue weighted by atomic mass is 16.3. The van der Waals surface area contributed by atoms with Gasteiger partial charge in [0.05, 0.1) is 22.6 Å². The molecule has 1 aliphatic rings. The number of rotatable bonds is 11. The van der Waals surface area contributed by atoms with Crippen molar-refractivity contribution >= 4 is 23.3 Å². The van der Waals surface area contributed by atoms with E-state index in [0.29, 0.717) is 5.56 Å². The Morgan fingerprint density at radius 2 is 2.14 bits per heavy atom. The van der Waals surface area contributed by atoms with Crippen molar-refractivity contribution in [3.05, 3.63) is 53.7 Å². The summed E-state index contributed by atoms with van der Waals surface area (Å²) in [6, 6.07) is 11.3. The van der Waals surface area contributed by atoms with E-state index >= 15 is 0 Å². The summed E-state index contributed by atoms with van der Waals surface area (Å²) in [7, 11) is 0. The quantitative estimate of drug-likeness (QED) is 0.340. The van der Waals surface area contributed by atoms with Gasteiger partial charge in [0, 0.05) is 31.8 Å². The number of aliphatic hydroxyl groups excluding tert-OH is 1. The Labute approximate surface area is 211 Å². The first kappa shape index (κ1) is 26.5. The molecule has 1 saturated heterocycles. The molecular weight excluding hydrogens is 432 g/mol. The third-order valence-electron chi connectivity index (χ3n) is 7.16. The van der Waals surface area contributed by atoms with Gasteiger partial charge in [0.25, 0.3) is 0 Å². The van der Waals surface area contributed by atoms with Gasteiger partial charge in [-0.05, 0) is 79.1 Å². The van der Waals surface area contributed by atoms with Gasteiger partial charge in [-0.1, -0.05) is 45.9 Å². The molecule has 0 aliphatic carbocycles. The Bertz CT molecular complexity index is 1100. The summed E-state index contributed by atoms with van der Waals surface area (Å²) in [5.41, 5.74) is 8.06. The summed E-state index contributed by atoms with van der Waals surface area (Å²) in [4.78, 5) is 6.95. The molecule has 5 heteroatoms. The van der Waals surface area contributed by atoms with E-state index in [9.17, 15) is 10.4 Å². The van der Waals surface area contributed by atoms with Crippen molar-refractivity contribution in [2.24, 2.45) is 10.9 Å². The van der Waals surface area contributed by atoms with Gasteiger partial charge in [0.2, 0.25) is 0 Å². The molecule has 2 atom stereocenters. The lowest BCUT2D eigenvalue weighted by molar-refractivity contribution is 0.238. The van der Waals surface area contributed by atoms with Gasteiger partial charge >= 0.3 is 0 Å². The van der Waals surface area contributed by atoms with Gasteiger partial charge in [-0.15, -0.1) is 0 Å². The summed E-state index contributed by atoms with van der Waals surface area (Å²) >= 11 is 0. The number of hydrogen-bond donors (Lipinski definition) is 2. The predicted molar refractivity (Wildman–Crippen MR) is 149 cm³/mol. The smallest absolute Gasteiger partial charge is 0.104 e. The van der Waals surface area contributed by atoms with E-state index in [0.717, 1.165) is 78.9 Å². The molecule has 2 N–H and O–H groups in total. The summed E-state index contributed by atoms with van der Waals surface area (Å²) in [5.74, 6) is 0.480. The number of nitrogens with one attached hydrogen (secondary N) is 1. The number of aryl methyl sites for hydroxylation is 1. The van der Waals surface area contributed by atoms with E-state index in [1.807, 2.05) is 13.1 Å². The number of anilines is 2. The lowest BCUT2D eigenvalue weighted by Gasteiger charge is -2.27. The minimum atomic E-state index is 0.172. The second kappa shape index (κ2) is 12.6. The Balaban J connectivity index is 2.29. The standard InChI is InChI=1S/C30H40N4O/c1-6-10-11-23-12-13-24(16-27(23)32-8-3)25-17-28(34-15-14-22(19-34)20-35)26(18-31)30(33-9-4)29(25)21(5)7-2/h8-9,12-13,16-17,21-22,33,35H,4,6-7,10-11,14-15,19-20H2,1-3,5H3/t21?,22-/m0/s1. The van der Waals surface area contributed by atoms with Crippen LogP contribution in [0.15, 0.2) is 42.0 Å². The molecule has 0 spiro atoms. The molecule has 0 saturated carbocycles. The minimum absolute atomic E-state index is 0.172. The molecule has 1 heterocycles. The molecular formula is C30H40N4O. The van der Waals surface area contributed by atoms with Gasteiger partial charge in [0.15, 0.2) is 0 Å². The van der Waals surface area contributed by atoms with E-state index in [4.69, 9.17) is 4.99 Å². The van der Waals surface area contributed by atoms with Crippen molar-refractivity contribution in [1.82, 2.24) is 0 Å². The van der Waals surface area contributed by atoms with Crippen LogP contribution in [-0.2, 0) is 6.42 Å². The number of aliphatic hydroxyl groups is 1. The second-order valence-electron chi connectivity index (χ2n) is 9.49. The molecule has 0 aromatic heterocycles. The van der Waals surface area contributed by atoms with Crippen LogP contribution in [0.2, 0.25) is 0 Å². The van der Waals surface area contributed by atoms with E-state index in [2.05, 4.69) is 67.9 Å². The Kier molecular flexibility index (Phi) is 9.51. The molecule has 0 bridgehead atoms. The fourth-order valence-corrected chi connectivity index (χ4v) is 5.02. The Morgan fingerprint density at radius 1 is 1.34 bits per heavy atom. The topological polar surface area (TPSA) is 71.7 Å². The molecule has 3 rings (SSSR count). The lowest BCUT2D eigenvalue weighted by atomic mass is 9.85. The zero-order valence-electron chi connectivity index (χ0n) is 21.8. The molecule has 0 radical (unpaired) electrons. The highest BCUT2D eigenvalue weighted by Crippen LogP contribution is 2.45. The van der Waals surface area contributed by atoms with Gasteiger partial charge in [0.1, 0.15) is 6.07 Å². The monoisotopic (exact) mass is 472 g/mol. The maximum absolute atomic E-state index is 10.3. The van der Waals surface area contributed by atoms with Crippen LogP contribution in [-0.4, -0.2) is 31.0 Å². The van der Waals surface area contributed by atoms with E-state index < -0.39 is 0 Å². The number of unbranched alkanes of at least 4 members (excludes halogenated alkanes) is 1. The van der Waals surface area contributed by atoms with E-state index in [-0.39, 0.29) is 18.4 Å². The van der Waals surface area contributed by atoms with Crippen LogP contribution >= 0.6 is 0 Å². The van der Waals surface area contributed by atoms with Crippen molar-refractivity contribution in [3.63, 3.8) is 0 Å². The molecule has 1 fully saturated rings. The molecule has 2 aromatic carbocycles. The number of benzene rings is 2. The molecule has 2 aromatic rings.